The number of carbonyl (C=O) groups excluding carboxylic acids is 3. The topological polar surface area (TPSA) is 69.7 Å². The second-order valence-electron chi connectivity index (χ2n) is 6.08. The van der Waals surface area contributed by atoms with E-state index in [1.807, 2.05) is 18.2 Å². The molecule has 2 aliphatic rings. The molecule has 2 saturated heterocycles. The molecule has 24 heavy (non-hydrogen) atoms. The highest BCUT2D eigenvalue weighted by molar-refractivity contribution is 8.15. The average Bonchev–Trinajstić information content (AvgIpc) is 2.84. The largest absolute Gasteiger partial charge is 0.326 e. The lowest BCUT2D eigenvalue weighted by atomic mass is 10.1. The summed E-state index contributed by atoms with van der Waals surface area (Å²) >= 11 is 0.959. The van der Waals surface area contributed by atoms with Gasteiger partial charge < -0.3 is 5.32 Å². The van der Waals surface area contributed by atoms with Gasteiger partial charge in [-0.05, 0) is 38.1 Å². The summed E-state index contributed by atoms with van der Waals surface area (Å²) in [5, 5.41) is 1.89. The van der Waals surface area contributed by atoms with Gasteiger partial charge in [0.15, 0.2) is 0 Å². The first kappa shape index (κ1) is 17.0. The van der Waals surface area contributed by atoms with Crippen LogP contribution in [-0.2, 0) is 9.59 Å². The third kappa shape index (κ3) is 4.15. The second-order valence-corrected chi connectivity index (χ2v) is 7.23. The molecule has 6 nitrogen and oxygen atoms in total. The smallest absolute Gasteiger partial charge is 0.290 e. The number of likely N-dealkylation sites (tertiary alicyclic amines) is 1. The SMILES string of the molecule is O=C(C[C@@H]1SC(=O)N(CN2CCCCC2)C1=O)Nc1ccccc1. The summed E-state index contributed by atoms with van der Waals surface area (Å²) in [6.07, 6.45) is 3.43. The Kier molecular flexibility index (Phi) is 5.52. The van der Waals surface area contributed by atoms with Crippen molar-refractivity contribution >= 4 is 34.5 Å². The van der Waals surface area contributed by atoms with Crippen LogP contribution in [0.25, 0.3) is 0 Å². The third-order valence-electron chi connectivity index (χ3n) is 4.22. The van der Waals surface area contributed by atoms with Crippen LogP contribution in [0.3, 0.4) is 0 Å². The second kappa shape index (κ2) is 7.81. The number of amides is 3. The minimum atomic E-state index is -0.619. The summed E-state index contributed by atoms with van der Waals surface area (Å²) in [7, 11) is 0. The van der Waals surface area contributed by atoms with E-state index < -0.39 is 5.25 Å². The van der Waals surface area contributed by atoms with E-state index in [2.05, 4.69) is 10.2 Å². The zero-order valence-corrected chi connectivity index (χ0v) is 14.3. The molecule has 0 unspecified atom stereocenters. The van der Waals surface area contributed by atoms with Crippen LogP contribution in [0.4, 0.5) is 10.5 Å². The molecule has 2 fully saturated rings. The van der Waals surface area contributed by atoms with Crippen LogP contribution < -0.4 is 5.32 Å². The number of hydrogen-bond donors (Lipinski definition) is 1. The average molecular weight is 347 g/mol. The minimum absolute atomic E-state index is 0.0145. The molecule has 2 aliphatic heterocycles. The zero-order valence-electron chi connectivity index (χ0n) is 13.4. The van der Waals surface area contributed by atoms with E-state index in [4.69, 9.17) is 0 Å². The molecule has 1 N–H and O–H groups in total. The van der Waals surface area contributed by atoms with Gasteiger partial charge in [0.25, 0.3) is 5.24 Å². The maximum absolute atomic E-state index is 12.5. The highest BCUT2D eigenvalue weighted by atomic mass is 32.2. The van der Waals surface area contributed by atoms with E-state index in [-0.39, 0.29) is 23.5 Å². The van der Waals surface area contributed by atoms with Crippen LogP contribution >= 0.6 is 11.8 Å². The Morgan fingerprint density at radius 3 is 2.54 bits per heavy atom. The molecule has 1 aromatic carbocycles. The Balaban J connectivity index is 1.54. The lowest BCUT2D eigenvalue weighted by Crippen LogP contribution is -2.44. The van der Waals surface area contributed by atoms with Gasteiger partial charge in [0.2, 0.25) is 11.8 Å². The molecule has 0 radical (unpaired) electrons. The summed E-state index contributed by atoms with van der Waals surface area (Å²) in [6.45, 7) is 2.18. The van der Waals surface area contributed by atoms with Crippen LogP contribution in [0, 0.1) is 0 Å². The van der Waals surface area contributed by atoms with Gasteiger partial charge >= 0.3 is 0 Å². The third-order valence-corrected chi connectivity index (χ3v) is 5.30. The van der Waals surface area contributed by atoms with Crippen molar-refractivity contribution in [3.05, 3.63) is 30.3 Å². The number of para-hydroxylation sites is 1. The van der Waals surface area contributed by atoms with Crippen LogP contribution in [0.5, 0.6) is 0 Å². The first-order valence-electron chi connectivity index (χ1n) is 8.23. The van der Waals surface area contributed by atoms with E-state index in [1.54, 1.807) is 12.1 Å². The van der Waals surface area contributed by atoms with Gasteiger partial charge in [-0.1, -0.05) is 36.4 Å². The zero-order chi connectivity index (χ0) is 16.9. The van der Waals surface area contributed by atoms with Crippen molar-refractivity contribution in [2.75, 3.05) is 25.1 Å². The fraction of sp³-hybridized carbons (Fsp3) is 0.471. The fourth-order valence-corrected chi connectivity index (χ4v) is 3.94. The molecule has 0 saturated carbocycles. The molecular weight excluding hydrogens is 326 g/mol. The van der Waals surface area contributed by atoms with Gasteiger partial charge in [0.05, 0.1) is 6.67 Å². The number of anilines is 1. The number of rotatable bonds is 5. The van der Waals surface area contributed by atoms with Gasteiger partial charge in [-0.25, -0.2) is 0 Å². The first-order valence-corrected chi connectivity index (χ1v) is 9.11. The van der Waals surface area contributed by atoms with Crippen molar-refractivity contribution in [1.82, 2.24) is 9.80 Å². The van der Waals surface area contributed by atoms with Crippen molar-refractivity contribution in [2.24, 2.45) is 0 Å². The van der Waals surface area contributed by atoms with E-state index in [0.717, 1.165) is 37.7 Å². The van der Waals surface area contributed by atoms with Gasteiger partial charge in [-0.15, -0.1) is 0 Å². The lowest BCUT2D eigenvalue weighted by molar-refractivity contribution is -0.130. The number of carbonyl (C=O) groups is 3. The van der Waals surface area contributed by atoms with E-state index >= 15 is 0 Å². The van der Waals surface area contributed by atoms with Crippen LogP contribution in [0.15, 0.2) is 30.3 Å². The predicted molar refractivity (Wildman–Crippen MR) is 93.6 cm³/mol. The van der Waals surface area contributed by atoms with Crippen LogP contribution in [0.2, 0.25) is 0 Å². The molecule has 1 aromatic rings. The highest BCUT2D eigenvalue weighted by Gasteiger charge is 2.41. The predicted octanol–water partition coefficient (Wildman–Crippen LogP) is 2.52. The molecular formula is C17H21N3O3S. The molecule has 3 rings (SSSR count). The van der Waals surface area contributed by atoms with Crippen molar-refractivity contribution in [1.29, 1.82) is 0 Å². The Labute approximate surface area is 145 Å². The number of hydrogen-bond acceptors (Lipinski definition) is 5. The summed E-state index contributed by atoms with van der Waals surface area (Å²) < 4.78 is 0. The number of imide groups is 1. The quantitative estimate of drug-likeness (QED) is 0.886. The Morgan fingerprint density at radius 1 is 1.12 bits per heavy atom. The summed E-state index contributed by atoms with van der Waals surface area (Å²) in [6, 6.07) is 9.09. The van der Waals surface area contributed by atoms with Gasteiger partial charge in [-0.3, -0.25) is 24.2 Å². The van der Waals surface area contributed by atoms with E-state index in [0.29, 0.717) is 12.4 Å². The maximum Gasteiger partial charge on any atom is 0.290 e. The Morgan fingerprint density at radius 2 is 1.83 bits per heavy atom. The minimum Gasteiger partial charge on any atom is -0.326 e. The standard InChI is InChI=1S/C17H21N3O3S/c21-15(18-13-7-3-1-4-8-13)11-14-16(22)20(17(23)24-14)12-19-9-5-2-6-10-19/h1,3-4,7-8,14H,2,5-6,9-12H2,(H,18,21)/t14-/m0/s1. The monoisotopic (exact) mass is 347 g/mol. The summed E-state index contributed by atoms with van der Waals surface area (Å²) in [4.78, 5) is 40.1. The van der Waals surface area contributed by atoms with Gasteiger partial charge in [0.1, 0.15) is 5.25 Å². The van der Waals surface area contributed by atoms with Crippen molar-refractivity contribution < 1.29 is 14.4 Å². The van der Waals surface area contributed by atoms with Gasteiger partial charge in [-0.2, -0.15) is 0 Å². The first-order chi connectivity index (χ1) is 11.6. The normalized spacial score (nSPS) is 22.0. The molecule has 2 heterocycles. The number of thioether (sulfide) groups is 1. The van der Waals surface area contributed by atoms with Crippen LogP contribution in [0.1, 0.15) is 25.7 Å². The number of benzene rings is 1. The lowest BCUT2D eigenvalue weighted by Gasteiger charge is -2.29. The Hall–Kier alpha value is -1.86. The molecule has 0 bridgehead atoms. The number of piperidine rings is 1. The van der Waals surface area contributed by atoms with Crippen molar-refractivity contribution in [2.45, 2.75) is 30.9 Å². The summed E-state index contributed by atoms with van der Waals surface area (Å²) in [5.74, 6) is -0.501. The summed E-state index contributed by atoms with van der Waals surface area (Å²) in [5.41, 5.74) is 0.689. The molecule has 0 aliphatic carbocycles. The highest BCUT2D eigenvalue weighted by Crippen LogP contribution is 2.30. The molecule has 0 aromatic heterocycles. The molecule has 128 valence electrons. The molecule has 7 heteroatoms. The molecule has 3 amide bonds. The van der Waals surface area contributed by atoms with E-state index in [1.165, 1.54) is 11.3 Å². The number of nitrogens with zero attached hydrogens (tertiary/aromatic N) is 2. The van der Waals surface area contributed by atoms with Crippen LogP contribution in [-0.4, -0.2) is 51.9 Å². The van der Waals surface area contributed by atoms with Crippen molar-refractivity contribution in [3.8, 4) is 0 Å². The van der Waals surface area contributed by atoms with E-state index in [9.17, 15) is 14.4 Å². The fourth-order valence-electron chi connectivity index (χ4n) is 2.96. The molecule has 0 spiro atoms. The molecule has 1 atom stereocenters. The number of nitrogens with one attached hydrogen (secondary N) is 1. The van der Waals surface area contributed by atoms with Gasteiger partial charge in [0, 0.05) is 12.1 Å². The van der Waals surface area contributed by atoms with Crippen molar-refractivity contribution in [3.63, 3.8) is 0 Å². The maximum atomic E-state index is 12.5. The Bertz CT molecular complexity index is 617.